The number of benzene rings is 1. The number of hydrogen-bond donors (Lipinski definition) is 2. The van der Waals surface area contributed by atoms with Crippen LogP contribution in [-0.4, -0.2) is 31.2 Å². The van der Waals surface area contributed by atoms with E-state index in [2.05, 4.69) is 0 Å². The van der Waals surface area contributed by atoms with Crippen molar-refractivity contribution in [1.29, 1.82) is 0 Å². The highest BCUT2D eigenvalue weighted by atomic mass is 19.3. The molecule has 0 spiro atoms. The molecule has 0 radical (unpaired) electrons. The van der Waals surface area contributed by atoms with Crippen molar-refractivity contribution in [3.8, 4) is 0 Å². The minimum atomic E-state index is -2.75. The van der Waals surface area contributed by atoms with Crippen LogP contribution in [0, 0.1) is 11.6 Å². The monoisotopic (exact) mass is 252 g/mol. The predicted octanol–water partition coefficient (Wildman–Crippen LogP) is 1.61. The highest BCUT2D eigenvalue weighted by molar-refractivity contribution is 5.68. The van der Waals surface area contributed by atoms with Crippen LogP contribution in [0.25, 0.3) is 0 Å². The third-order valence-corrected chi connectivity index (χ3v) is 2.14. The molecule has 96 valence electrons. The lowest BCUT2D eigenvalue weighted by atomic mass is 10.2. The van der Waals surface area contributed by atoms with Gasteiger partial charge < -0.3 is 15.7 Å². The topological polar surface area (TPSA) is 49.5 Å². The Morgan fingerprint density at radius 3 is 2.47 bits per heavy atom. The van der Waals surface area contributed by atoms with E-state index in [0.29, 0.717) is 0 Å². The van der Waals surface area contributed by atoms with Crippen molar-refractivity contribution in [2.24, 2.45) is 0 Å². The Morgan fingerprint density at radius 2 is 1.94 bits per heavy atom. The van der Waals surface area contributed by atoms with Gasteiger partial charge in [-0.05, 0) is 12.1 Å². The lowest BCUT2D eigenvalue weighted by molar-refractivity contribution is 0.152. The molecule has 0 amide bonds. The molecule has 0 aliphatic carbocycles. The Balaban J connectivity index is 3.12. The van der Waals surface area contributed by atoms with Crippen LogP contribution in [-0.2, 0) is 0 Å². The first-order valence-corrected chi connectivity index (χ1v) is 4.84. The van der Waals surface area contributed by atoms with E-state index in [1.54, 1.807) is 0 Å². The highest BCUT2D eigenvalue weighted by Crippen LogP contribution is 2.29. The molecule has 1 aromatic carbocycles. The second kappa shape index (κ2) is 5.72. The molecule has 1 aromatic rings. The van der Waals surface area contributed by atoms with Crippen LogP contribution < -0.4 is 10.6 Å². The Hall–Kier alpha value is -1.50. The largest absolute Gasteiger partial charge is 0.397 e. The zero-order valence-electron chi connectivity index (χ0n) is 8.84. The highest BCUT2D eigenvalue weighted by Gasteiger charge is 2.20. The fourth-order valence-electron chi connectivity index (χ4n) is 1.46. The number of halogens is 4. The van der Waals surface area contributed by atoms with Crippen LogP contribution in [0.5, 0.6) is 0 Å². The van der Waals surface area contributed by atoms with E-state index in [9.17, 15) is 17.6 Å². The van der Waals surface area contributed by atoms with Crippen LogP contribution in [0.4, 0.5) is 28.9 Å². The van der Waals surface area contributed by atoms with E-state index in [4.69, 9.17) is 10.8 Å². The van der Waals surface area contributed by atoms with Gasteiger partial charge in [0.15, 0.2) is 11.6 Å². The standard InChI is InChI=1S/C10H12F4N2O/c11-6-1-2-7(15)10(9(6)14)16(3-4-17)5-8(12)13/h1-2,8,17H,3-5,15H2. The minimum absolute atomic E-state index is 0.155. The summed E-state index contributed by atoms with van der Waals surface area (Å²) in [6.45, 7) is -1.55. The van der Waals surface area contributed by atoms with Crippen molar-refractivity contribution < 1.29 is 22.7 Å². The van der Waals surface area contributed by atoms with Gasteiger partial charge >= 0.3 is 0 Å². The van der Waals surface area contributed by atoms with Gasteiger partial charge in [-0.3, -0.25) is 0 Å². The average Bonchev–Trinajstić information content (AvgIpc) is 2.23. The summed E-state index contributed by atoms with van der Waals surface area (Å²) in [5.74, 6) is -2.47. The maximum Gasteiger partial charge on any atom is 0.255 e. The number of alkyl halides is 2. The second-order valence-corrected chi connectivity index (χ2v) is 3.36. The van der Waals surface area contributed by atoms with Gasteiger partial charge in [-0.2, -0.15) is 0 Å². The smallest absolute Gasteiger partial charge is 0.255 e. The zero-order chi connectivity index (χ0) is 13.0. The van der Waals surface area contributed by atoms with Gasteiger partial charge in [0.2, 0.25) is 0 Å². The van der Waals surface area contributed by atoms with Gasteiger partial charge in [0.25, 0.3) is 6.43 Å². The molecule has 0 heterocycles. The van der Waals surface area contributed by atoms with E-state index in [0.717, 1.165) is 17.0 Å². The Morgan fingerprint density at radius 1 is 1.29 bits per heavy atom. The third kappa shape index (κ3) is 3.23. The van der Waals surface area contributed by atoms with Crippen molar-refractivity contribution >= 4 is 11.4 Å². The summed E-state index contributed by atoms with van der Waals surface area (Å²) < 4.78 is 51.0. The van der Waals surface area contributed by atoms with Crippen molar-refractivity contribution in [2.75, 3.05) is 30.3 Å². The predicted molar refractivity (Wildman–Crippen MR) is 56.1 cm³/mol. The van der Waals surface area contributed by atoms with Crippen molar-refractivity contribution in [3.63, 3.8) is 0 Å². The molecule has 3 nitrogen and oxygen atoms in total. The number of hydrogen-bond acceptors (Lipinski definition) is 3. The second-order valence-electron chi connectivity index (χ2n) is 3.36. The van der Waals surface area contributed by atoms with Crippen LogP contribution in [0.1, 0.15) is 0 Å². The zero-order valence-corrected chi connectivity index (χ0v) is 8.84. The summed E-state index contributed by atoms with van der Waals surface area (Å²) in [5.41, 5.74) is 4.82. The Bertz CT molecular complexity index is 387. The van der Waals surface area contributed by atoms with Gasteiger partial charge in [0.05, 0.1) is 24.5 Å². The van der Waals surface area contributed by atoms with Crippen LogP contribution in [0.2, 0.25) is 0 Å². The maximum atomic E-state index is 13.5. The molecule has 17 heavy (non-hydrogen) atoms. The first kappa shape index (κ1) is 13.6. The van der Waals surface area contributed by atoms with Gasteiger partial charge in [0.1, 0.15) is 0 Å². The number of aliphatic hydroxyl groups excluding tert-OH is 1. The molecule has 3 N–H and O–H groups in total. The third-order valence-electron chi connectivity index (χ3n) is 2.14. The first-order valence-electron chi connectivity index (χ1n) is 4.84. The average molecular weight is 252 g/mol. The molecule has 0 aliphatic rings. The summed E-state index contributed by atoms with van der Waals surface area (Å²) in [7, 11) is 0. The van der Waals surface area contributed by atoms with Gasteiger partial charge in [-0.25, -0.2) is 17.6 Å². The lowest BCUT2D eigenvalue weighted by Crippen LogP contribution is -2.33. The number of nitrogens with zero attached hydrogens (tertiary/aromatic N) is 1. The van der Waals surface area contributed by atoms with E-state index >= 15 is 0 Å². The van der Waals surface area contributed by atoms with Gasteiger partial charge in [0, 0.05) is 6.54 Å². The Labute approximate surface area is 95.4 Å². The van der Waals surface area contributed by atoms with E-state index in [1.165, 1.54) is 0 Å². The molecule has 7 heteroatoms. The molecule has 0 aliphatic heterocycles. The maximum absolute atomic E-state index is 13.5. The molecule has 0 fully saturated rings. The molecule has 0 atom stereocenters. The fourth-order valence-corrected chi connectivity index (χ4v) is 1.46. The van der Waals surface area contributed by atoms with Crippen LogP contribution in [0.15, 0.2) is 12.1 Å². The minimum Gasteiger partial charge on any atom is -0.397 e. The number of anilines is 2. The first-order chi connectivity index (χ1) is 7.97. The number of aliphatic hydroxyl groups is 1. The number of rotatable bonds is 5. The quantitative estimate of drug-likeness (QED) is 0.618. The van der Waals surface area contributed by atoms with Gasteiger partial charge in [-0.1, -0.05) is 0 Å². The molecule has 1 rings (SSSR count). The normalized spacial score (nSPS) is 10.9. The van der Waals surface area contributed by atoms with Crippen molar-refractivity contribution in [2.45, 2.75) is 6.43 Å². The molecular weight excluding hydrogens is 240 g/mol. The van der Waals surface area contributed by atoms with Crippen LogP contribution in [0.3, 0.4) is 0 Å². The Kier molecular flexibility index (Phi) is 4.56. The summed E-state index contributed by atoms with van der Waals surface area (Å²) >= 11 is 0. The lowest BCUT2D eigenvalue weighted by Gasteiger charge is -2.25. The van der Waals surface area contributed by atoms with Crippen LogP contribution >= 0.6 is 0 Å². The summed E-state index contributed by atoms with van der Waals surface area (Å²) in [5, 5.41) is 8.72. The summed E-state index contributed by atoms with van der Waals surface area (Å²) in [4.78, 5) is 0.818. The molecule has 0 saturated heterocycles. The molecule has 0 aromatic heterocycles. The summed E-state index contributed by atoms with van der Waals surface area (Å²) in [6.07, 6.45) is -2.75. The number of nitrogen functional groups attached to an aromatic ring is 1. The summed E-state index contributed by atoms with van der Waals surface area (Å²) in [6, 6.07) is 1.90. The molecule has 0 unspecified atom stereocenters. The SMILES string of the molecule is Nc1ccc(F)c(F)c1N(CCO)CC(F)F. The molecular formula is C10H12F4N2O. The van der Waals surface area contributed by atoms with E-state index in [1.807, 2.05) is 0 Å². The van der Waals surface area contributed by atoms with Gasteiger partial charge in [-0.15, -0.1) is 0 Å². The number of nitrogens with two attached hydrogens (primary N) is 1. The molecule has 0 bridgehead atoms. The van der Waals surface area contributed by atoms with E-state index < -0.39 is 36.9 Å². The van der Waals surface area contributed by atoms with Crippen molar-refractivity contribution in [3.05, 3.63) is 23.8 Å². The van der Waals surface area contributed by atoms with E-state index in [-0.39, 0.29) is 12.2 Å². The molecule has 0 saturated carbocycles. The van der Waals surface area contributed by atoms with Crippen molar-refractivity contribution in [1.82, 2.24) is 0 Å². The fraction of sp³-hybridized carbons (Fsp3) is 0.400.